The Labute approximate surface area is 115 Å². The number of anilines is 1. The lowest BCUT2D eigenvalue weighted by Gasteiger charge is -2.04. The smallest absolute Gasteiger partial charge is 0.249 e. The third kappa shape index (κ3) is 1.77. The van der Waals surface area contributed by atoms with Crippen LogP contribution in [0, 0.1) is 0 Å². The summed E-state index contributed by atoms with van der Waals surface area (Å²) in [4.78, 5) is 4.44. The van der Waals surface area contributed by atoms with Crippen molar-refractivity contribution in [2.45, 2.75) is 12.5 Å². The summed E-state index contributed by atoms with van der Waals surface area (Å²) in [6.45, 7) is 0. The van der Waals surface area contributed by atoms with Crippen LogP contribution in [0.1, 0.15) is 17.5 Å². The zero-order valence-electron chi connectivity index (χ0n) is 10.9. The maximum Gasteiger partial charge on any atom is 0.249 e. The number of nitrogens with one attached hydrogen (secondary N) is 1. The Balaban J connectivity index is 1.61. The van der Waals surface area contributed by atoms with Crippen molar-refractivity contribution in [1.82, 2.24) is 19.9 Å². The molecule has 1 unspecified atom stereocenters. The lowest BCUT2D eigenvalue weighted by molar-refractivity contribution is 0.364. The van der Waals surface area contributed by atoms with Gasteiger partial charge in [-0.3, -0.25) is 4.68 Å². The van der Waals surface area contributed by atoms with Crippen molar-refractivity contribution in [2.24, 2.45) is 7.05 Å². The minimum Gasteiger partial charge on any atom is -0.373 e. The van der Waals surface area contributed by atoms with E-state index in [9.17, 15) is 0 Å². The average molecular weight is 267 g/mol. The monoisotopic (exact) mass is 267 g/mol. The predicted octanol–water partition coefficient (Wildman–Crippen LogP) is 2.18. The average Bonchev–Trinajstić information content (AvgIpc) is 3.16. The molecule has 1 N–H and O–H groups in total. The second-order valence-corrected chi connectivity index (χ2v) is 4.89. The highest BCUT2D eigenvalue weighted by Gasteiger charge is 2.26. The summed E-state index contributed by atoms with van der Waals surface area (Å²) in [5, 5.41) is 11.7. The topological polar surface area (TPSA) is 68.8 Å². The fraction of sp³-hybridized carbons (Fsp3) is 0.214. The van der Waals surface area contributed by atoms with Crippen LogP contribution in [0.25, 0.3) is 11.5 Å². The highest BCUT2D eigenvalue weighted by atomic mass is 16.5. The Morgan fingerprint density at radius 3 is 3.00 bits per heavy atom. The zero-order valence-corrected chi connectivity index (χ0v) is 10.9. The second-order valence-electron chi connectivity index (χ2n) is 4.89. The van der Waals surface area contributed by atoms with Gasteiger partial charge in [0.1, 0.15) is 11.7 Å². The molecule has 0 bridgehead atoms. The number of fused-ring (bicyclic) bond motifs is 1. The van der Waals surface area contributed by atoms with Gasteiger partial charge in [0.2, 0.25) is 11.7 Å². The van der Waals surface area contributed by atoms with Crippen LogP contribution in [0.3, 0.4) is 0 Å². The first-order chi connectivity index (χ1) is 9.79. The number of nitrogens with zero attached hydrogens (tertiary/aromatic N) is 4. The van der Waals surface area contributed by atoms with Gasteiger partial charge in [-0.25, -0.2) is 0 Å². The summed E-state index contributed by atoms with van der Waals surface area (Å²) in [6, 6.07) is 10.1. The van der Waals surface area contributed by atoms with Gasteiger partial charge < -0.3 is 9.84 Å². The molecule has 0 amide bonds. The van der Waals surface area contributed by atoms with Gasteiger partial charge in [0.25, 0.3) is 0 Å². The van der Waals surface area contributed by atoms with Gasteiger partial charge in [-0.2, -0.15) is 10.1 Å². The first-order valence-corrected chi connectivity index (χ1v) is 6.48. The van der Waals surface area contributed by atoms with E-state index in [1.807, 2.05) is 31.4 Å². The summed E-state index contributed by atoms with van der Waals surface area (Å²) in [6.07, 6.45) is 2.72. The number of para-hydroxylation sites is 1. The van der Waals surface area contributed by atoms with Crippen molar-refractivity contribution in [3.05, 3.63) is 48.0 Å². The summed E-state index contributed by atoms with van der Waals surface area (Å²) < 4.78 is 7.09. The van der Waals surface area contributed by atoms with Crippen molar-refractivity contribution in [3.63, 3.8) is 0 Å². The molecule has 6 nitrogen and oxygen atoms in total. The molecule has 3 aromatic rings. The Kier molecular flexibility index (Phi) is 2.35. The van der Waals surface area contributed by atoms with Gasteiger partial charge in [0.15, 0.2) is 0 Å². The highest BCUT2D eigenvalue weighted by Crippen LogP contribution is 2.33. The molecule has 0 spiro atoms. The Bertz CT molecular complexity index is 735. The van der Waals surface area contributed by atoms with Crippen LogP contribution in [0.15, 0.2) is 41.1 Å². The molecule has 100 valence electrons. The number of rotatable bonds is 2. The van der Waals surface area contributed by atoms with Crippen molar-refractivity contribution in [1.29, 1.82) is 0 Å². The molecular formula is C14H13N5O. The maximum absolute atomic E-state index is 5.37. The Hall–Kier alpha value is -2.63. The zero-order chi connectivity index (χ0) is 13.5. The number of aromatic nitrogens is 4. The van der Waals surface area contributed by atoms with Crippen LogP contribution in [0.2, 0.25) is 0 Å². The van der Waals surface area contributed by atoms with Crippen molar-refractivity contribution < 1.29 is 4.52 Å². The summed E-state index contributed by atoms with van der Waals surface area (Å²) in [5.41, 5.74) is 3.13. The molecule has 1 aliphatic heterocycles. The lowest BCUT2D eigenvalue weighted by atomic mass is 10.1. The van der Waals surface area contributed by atoms with Crippen LogP contribution in [0.4, 0.5) is 5.69 Å². The van der Waals surface area contributed by atoms with Gasteiger partial charge in [0.05, 0.1) is 0 Å². The highest BCUT2D eigenvalue weighted by molar-refractivity contribution is 5.57. The summed E-state index contributed by atoms with van der Waals surface area (Å²) in [7, 11) is 1.86. The third-order valence-electron chi connectivity index (χ3n) is 3.45. The van der Waals surface area contributed by atoms with Gasteiger partial charge in [-0.05, 0) is 17.7 Å². The number of aryl methyl sites for hydroxylation is 1. The number of benzene rings is 1. The molecule has 0 radical (unpaired) electrons. The molecule has 0 saturated heterocycles. The first kappa shape index (κ1) is 11.2. The molecule has 6 heteroatoms. The van der Waals surface area contributed by atoms with E-state index >= 15 is 0 Å². The van der Waals surface area contributed by atoms with E-state index in [0.29, 0.717) is 11.7 Å². The van der Waals surface area contributed by atoms with E-state index in [1.165, 1.54) is 5.56 Å². The second kappa shape index (κ2) is 4.19. The van der Waals surface area contributed by atoms with Crippen molar-refractivity contribution >= 4 is 5.69 Å². The molecular weight excluding hydrogens is 254 g/mol. The normalized spacial score (nSPS) is 16.9. The van der Waals surface area contributed by atoms with Crippen molar-refractivity contribution in [3.8, 4) is 11.5 Å². The van der Waals surface area contributed by atoms with Gasteiger partial charge in [-0.15, -0.1) is 0 Å². The molecule has 2 aromatic heterocycles. The van der Waals surface area contributed by atoms with Crippen LogP contribution in [-0.2, 0) is 13.5 Å². The Morgan fingerprint density at radius 1 is 1.30 bits per heavy atom. The largest absolute Gasteiger partial charge is 0.373 e. The molecule has 1 aromatic carbocycles. The minimum atomic E-state index is 0.0392. The van der Waals surface area contributed by atoms with Gasteiger partial charge in [-0.1, -0.05) is 23.4 Å². The Morgan fingerprint density at radius 2 is 2.20 bits per heavy atom. The molecule has 0 aliphatic carbocycles. The van der Waals surface area contributed by atoms with Crippen molar-refractivity contribution in [2.75, 3.05) is 5.32 Å². The van der Waals surface area contributed by atoms with E-state index < -0.39 is 0 Å². The lowest BCUT2D eigenvalue weighted by Crippen LogP contribution is -2.05. The third-order valence-corrected chi connectivity index (χ3v) is 3.45. The molecule has 0 saturated carbocycles. The summed E-state index contributed by atoms with van der Waals surface area (Å²) >= 11 is 0. The predicted molar refractivity (Wildman–Crippen MR) is 73.0 cm³/mol. The fourth-order valence-corrected chi connectivity index (χ4v) is 2.46. The van der Waals surface area contributed by atoms with Gasteiger partial charge >= 0.3 is 0 Å². The van der Waals surface area contributed by atoms with E-state index in [2.05, 4.69) is 32.7 Å². The van der Waals surface area contributed by atoms with E-state index in [-0.39, 0.29) is 6.04 Å². The molecule has 0 fully saturated rings. The summed E-state index contributed by atoms with van der Waals surface area (Å²) in [5.74, 6) is 1.13. The quantitative estimate of drug-likeness (QED) is 0.770. The first-order valence-electron chi connectivity index (χ1n) is 6.48. The van der Waals surface area contributed by atoms with E-state index in [1.54, 1.807) is 4.68 Å². The molecule has 20 heavy (non-hydrogen) atoms. The van der Waals surface area contributed by atoms with Crippen LogP contribution < -0.4 is 5.32 Å². The molecule has 1 atom stereocenters. The van der Waals surface area contributed by atoms with Crippen LogP contribution >= 0.6 is 0 Å². The maximum atomic E-state index is 5.37. The molecule has 4 rings (SSSR count). The number of hydrogen-bond donors (Lipinski definition) is 1. The van der Waals surface area contributed by atoms with E-state index in [0.717, 1.165) is 17.8 Å². The molecule has 3 heterocycles. The standard InChI is InChI=1S/C14H13N5O/c1-19-7-6-11(17-19)13-16-14(20-18-13)12-8-9-4-2-3-5-10(9)15-12/h2-7,12,15H,8H2,1H3. The molecule has 1 aliphatic rings. The van der Waals surface area contributed by atoms with Crippen LogP contribution in [0.5, 0.6) is 0 Å². The minimum absolute atomic E-state index is 0.0392. The van der Waals surface area contributed by atoms with E-state index in [4.69, 9.17) is 4.52 Å². The van der Waals surface area contributed by atoms with Gasteiger partial charge in [0, 0.05) is 25.4 Å². The number of hydrogen-bond acceptors (Lipinski definition) is 5. The fourth-order valence-electron chi connectivity index (χ4n) is 2.46. The van der Waals surface area contributed by atoms with Crippen LogP contribution in [-0.4, -0.2) is 19.9 Å². The SMILES string of the molecule is Cn1ccc(-c2noc(C3Cc4ccccc4N3)n2)n1.